The van der Waals surface area contributed by atoms with Crippen LogP contribution in [-0.4, -0.2) is 23.1 Å². The van der Waals surface area contributed by atoms with Crippen molar-refractivity contribution < 1.29 is 19.4 Å². The number of amides is 1. The van der Waals surface area contributed by atoms with E-state index in [-0.39, 0.29) is 12.0 Å². The summed E-state index contributed by atoms with van der Waals surface area (Å²) in [7, 11) is 0. The predicted molar refractivity (Wildman–Crippen MR) is 81.4 cm³/mol. The van der Waals surface area contributed by atoms with Gasteiger partial charge >= 0.3 is 5.97 Å². The van der Waals surface area contributed by atoms with Gasteiger partial charge in [-0.1, -0.05) is 26.8 Å². The van der Waals surface area contributed by atoms with E-state index in [2.05, 4.69) is 5.32 Å². The third kappa shape index (κ3) is 5.10. The molecule has 0 spiro atoms. The van der Waals surface area contributed by atoms with Gasteiger partial charge in [-0.2, -0.15) is 0 Å². The van der Waals surface area contributed by atoms with Gasteiger partial charge < -0.3 is 15.2 Å². The second kappa shape index (κ2) is 7.67. The number of anilines is 1. The van der Waals surface area contributed by atoms with Crippen LogP contribution in [0.25, 0.3) is 0 Å². The number of carboxylic acid groups (broad SMARTS) is 1. The fraction of sp³-hybridized carbons (Fsp3) is 0.500. The molecular formula is C16H23NO4. The third-order valence-corrected chi connectivity index (χ3v) is 3.57. The van der Waals surface area contributed by atoms with E-state index in [1.54, 1.807) is 25.1 Å². The van der Waals surface area contributed by atoms with Crippen LogP contribution in [0.3, 0.4) is 0 Å². The highest BCUT2D eigenvalue weighted by Crippen LogP contribution is 2.21. The summed E-state index contributed by atoms with van der Waals surface area (Å²) in [4.78, 5) is 22.9. The molecule has 0 saturated carbocycles. The highest BCUT2D eigenvalue weighted by molar-refractivity contribution is 5.94. The molecule has 3 atom stereocenters. The van der Waals surface area contributed by atoms with Crippen molar-refractivity contribution >= 4 is 17.6 Å². The summed E-state index contributed by atoms with van der Waals surface area (Å²) in [6.45, 7) is 7.13. The quantitative estimate of drug-likeness (QED) is 0.809. The van der Waals surface area contributed by atoms with Crippen LogP contribution in [0, 0.1) is 11.8 Å². The molecule has 0 saturated heterocycles. The minimum atomic E-state index is -0.980. The van der Waals surface area contributed by atoms with Crippen LogP contribution in [-0.2, 0) is 9.59 Å². The van der Waals surface area contributed by atoms with E-state index in [0.29, 0.717) is 11.4 Å². The molecular weight excluding hydrogens is 270 g/mol. The molecule has 0 heterocycles. The summed E-state index contributed by atoms with van der Waals surface area (Å²) in [5.41, 5.74) is 0.602. The Bertz CT molecular complexity index is 501. The average molecular weight is 293 g/mol. The lowest BCUT2D eigenvalue weighted by atomic mass is 9.95. The van der Waals surface area contributed by atoms with Gasteiger partial charge in [0.15, 0.2) is 0 Å². The summed E-state index contributed by atoms with van der Waals surface area (Å²) in [5.74, 6) is -1.95. The van der Waals surface area contributed by atoms with Gasteiger partial charge in [0.05, 0.1) is 12.0 Å². The van der Waals surface area contributed by atoms with E-state index in [9.17, 15) is 9.59 Å². The first-order valence-electron chi connectivity index (χ1n) is 7.15. The van der Waals surface area contributed by atoms with Gasteiger partial charge in [0.25, 0.3) is 0 Å². The zero-order chi connectivity index (χ0) is 16.0. The van der Waals surface area contributed by atoms with Crippen LogP contribution in [0.4, 0.5) is 5.69 Å². The molecule has 1 aromatic rings. The number of aliphatic carboxylic acids is 1. The van der Waals surface area contributed by atoms with Gasteiger partial charge in [0.2, 0.25) is 5.91 Å². The van der Waals surface area contributed by atoms with E-state index in [1.807, 2.05) is 19.9 Å². The average Bonchev–Trinajstić information content (AvgIpc) is 2.45. The molecule has 5 heteroatoms. The summed E-state index contributed by atoms with van der Waals surface area (Å²) < 4.78 is 5.69. The molecule has 0 aromatic heterocycles. The maximum Gasteiger partial charge on any atom is 0.307 e. The number of hydrogen-bond donors (Lipinski definition) is 2. The first-order chi connectivity index (χ1) is 9.85. The van der Waals surface area contributed by atoms with E-state index in [4.69, 9.17) is 9.84 Å². The first-order valence-corrected chi connectivity index (χ1v) is 7.15. The van der Waals surface area contributed by atoms with Crippen molar-refractivity contribution in [3.63, 3.8) is 0 Å². The Morgan fingerprint density at radius 3 is 2.48 bits per heavy atom. The molecule has 0 aliphatic carbocycles. The van der Waals surface area contributed by atoms with Crippen LogP contribution in [0.1, 0.15) is 34.1 Å². The number of hydrogen-bond acceptors (Lipinski definition) is 3. The summed E-state index contributed by atoms with van der Waals surface area (Å²) >= 11 is 0. The van der Waals surface area contributed by atoms with Crippen LogP contribution in [0.2, 0.25) is 0 Å². The lowest BCUT2D eigenvalue weighted by molar-refractivity contribution is -0.145. The maximum atomic E-state index is 12.0. The Kier molecular flexibility index (Phi) is 6.21. The predicted octanol–water partition coefficient (Wildman–Crippen LogP) is 3.16. The number of carbonyl (C=O) groups excluding carboxylic acids is 1. The van der Waals surface area contributed by atoms with Crippen molar-refractivity contribution in [3.8, 4) is 5.75 Å². The van der Waals surface area contributed by atoms with Crippen LogP contribution in [0.15, 0.2) is 24.3 Å². The highest BCUT2D eigenvalue weighted by atomic mass is 16.5. The fourth-order valence-electron chi connectivity index (χ4n) is 1.66. The van der Waals surface area contributed by atoms with Gasteiger partial charge in [-0.05, 0) is 25.5 Å². The Balaban J connectivity index is 2.72. The van der Waals surface area contributed by atoms with Crippen molar-refractivity contribution in [3.05, 3.63) is 24.3 Å². The number of carbonyl (C=O) groups is 2. The van der Waals surface area contributed by atoms with E-state index in [1.165, 1.54) is 6.92 Å². The maximum absolute atomic E-state index is 12.0. The molecule has 3 unspecified atom stereocenters. The fourth-order valence-corrected chi connectivity index (χ4v) is 1.66. The summed E-state index contributed by atoms with van der Waals surface area (Å²) in [6.07, 6.45) is 0.992. The Morgan fingerprint density at radius 1 is 1.24 bits per heavy atom. The molecule has 0 bridgehead atoms. The van der Waals surface area contributed by atoms with E-state index < -0.39 is 17.8 Å². The molecule has 0 fully saturated rings. The Morgan fingerprint density at radius 2 is 1.90 bits per heavy atom. The Hall–Kier alpha value is -2.04. The normalized spacial score (nSPS) is 14.9. The lowest BCUT2D eigenvalue weighted by Crippen LogP contribution is -2.29. The standard InChI is InChI=1S/C16H23NO4/c1-5-10(2)21-14-8-6-7-13(9-14)17-15(18)11(3)12(4)16(19)20/h6-12H,5H2,1-4H3,(H,17,18)(H,19,20). The second-order valence-corrected chi connectivity index (χ2v) is 5.27. The van der Waals surface area contributed by atoms with Crippen LogP contribution >= 0.6 is 0 Å². The summed E-state index contributed by atoms with van der Waals surface area (Å²) in [5, 5.41) is 11.7. The SMILES string of the molecule is CCC(C)Oc1cccc(NC(=O)C(C)C(C)C(=O)O)c1. The molecule has 21 heavy (non-hydrogen) atoms. The number of rotatable bonds is 7. The van der Waals surface area contributed by atoms with Gasteiger partial charge in [0.1, 0.15) is 5.75 Å². The van der Waals surface area contributed by atoms with Crippen molar-refractivity contribution in [1.82, 2.24) is 0 Å². The zero-order valence-electron chi connectivity index (χ0n) is 12.9. The molecule has 1 aromatic carbocycles. The van der Waals surface area contributed by atoms with Gasteiger partial charge in [0, 0.05) is 17.7 Å². The minimum absolute atomic E-state index is 0.0990. The second-order valence-electron chi connectivity index (χ2n) is 5.27. The van der Waals surface area contributed by atoms with Gasteiger partial charge in [-0.3, -0.25) is 9.59 Å². The molecule has 0 aliphatic heterocycles. The lowest BCUT2D eigenvalue weighted by Gasteiger charge is -2.17. The number of nitrogens with one attached hydrogen (secondary N) is 1. The largest absolute Gasteiger partial charge is 0.491 e. The number of ether oxygens (including phenoxy) is 1. The van der Waals surface area contributed by atoms with Gasteiger partial charge in [-0.25, -0.2) is 0 Å². The third-order valence-electron chi connectivity index (χ3n) is 3.57. The molecule has 0 radical (unpaired) electrons. The first kappa shape index (κ1) is 17.0. The van der Waals surface area contributed by atoms with Crippen molar-refractivity contribution in [2.75, 3.05) is 5.32 Å². The van der Waals surface area contributed by atoms with Crippen molar-refractivity contribution in [2.24, 2.45) is 11.8 Å². The minimum Gasteiger partial charge on any atom is -0.491 e. The molecule has 1 rings (SSSR count). The topological polar surface area (TPSA) is 75.6 Å². The Labute approximate surface area is 125 Å². The van der Waals surface area contributed by atoms with Crippen molar-refractivity contribution in [2.45, 2.75) is 40.2 Å². The molecule has 2 N–H and O–H groups in total. The molecule has 116 valence electrons. The monoisotopic (exact) mass is 293 g/mol. The number of benzene rings is 1. The molecule has 0 aliphatic rings. The summed E-state index contributed by atoms with van der Waals surface area (Å²) in [6, 6.07) is 7.10. The van der Waals surface area contributed by atoms with E-state index >= 15 is 0 Å². The van der Waals surface area contributed by atoms with Crippen LogP contribution < -0.4 is 10.1 Å². The van der Waals surface area contributed by atoms with Crippen LogP contribution in [0.5, 0.6) is 5.75 Å². The van der Waals surface area contributed by atoms with Gasteiger partial charge in [-0.15, -0.1) is 0 Å². The van der Waals surface area contributed by atoms with Crippen molar-refractivity contribution in [1.29, 1.82) is 0 Å². The van der Waals surface area contributed by atoms with E-state index in [0.717, 1.165) is 6.42 Å². The molecule has 1 amide bonds. The number of carboxylic acids is 1. The molecule has 5 nitrogen and oxygen atoms in total. The zero-order valence-corrected chi connectivity index (χ0v) is 12.9. The highest BCUT2D eigenvalue weighted by Gasteiger charge is 2.25. The smallest absolute Gasteiger partial charge is 0.307 e.